The Labute approximate surface area is 77.4 Å². The number of aromatic nitrogens is 1. The predicted molar refractivity (Wildman–Crippen MR) is 55.4 cm³/mol. The third kappa shape index (κ3) is 1.43. The molecule has 0 bridgehead atoms. The molecule has 0 saturated carbocycles. The topological polar surface area (TPSA) is 41.8 Å². The summed E-state index contributed by atoms with van der Waals surface area (Å²) < 4.78 is 0. The highest BCUT2D eigenvalue weighted by molar-refractivity contribution is 5.66. The van der Waals surface area contributed by atoms with Crippen LogP contribution < -0.4 is 5.73 Å². The largest absolute Gasteiger partial charge is 0.398 e. The molecule has 1 aromatic carbocycles. The summed E-state index contributed by atoms with van der Waals surface area (Å²) in [6.07, 6.45) is 1.91. The number of hydrogen-bond acceptors (Lipinski definition) is 1. The van der Waals surface area contributed by atoms with Gasteiger partial charge in [-0.2, -0.15) is 0 Å². The normalized spacial score (nSPS) is 10.2. The molecule has 0 aliphatic rings. The zero-order chi connectivity index (χ0) is 9.26. The van der Waals surface area contributed by atoms with E-state index in [9.17, 15) is 0 Å². The van der Waals surface area contributed by atoms with Gasteiger partial charge in [-0.1, -0.05) is 12.1 Å². The van der Waals surface area contributed by atoms with Gasteiger partial charge in [0.2, 0.25) is 0 Å². The van der Waals surface area contributed by atoms with Crippen molar-refractivity contribution < 1.29 is 0 Å². The van der Waals surface area contributed by atoms with Crippen LogP contribution in [0, 0.1) is 6.92 Å². The lowest BCUT2D eigenvalue weighted by Crippen LogP contribution is -1.89. The molecule has 66 valence electrons. The first kappa shape index (κ1) is 7.92. The third-order valence-corrected chi connectivity index (χ3v) is 2.19. The number of hydrogen-bond donors (Lipinski definition) is 2. The van der Waals surface area contributed by atoms with Gasteiger partial charge in [-0.25, -0.2) is 0 Å². The highest BCUT2D eigenvalue weighted by atomic mass is 14.7. The molecule has 0 fully saturated rings. The van der Waals surface area contributed by atoms with Crippen LogP contribution in [-0.4, -0.2) is 4.98 Å². The third-order valence-electron chi connectivity index (χ3n) is 2.19. The summed E-state index contributed by atoms with van der Waals surface area (Å²) in [6.45, 7) is 2.01. The molecule has 0 saturated heterocycles. The van der Waals surface area contributed by atoms with Crippen LogP contribution in [0.25, 0.3) is 11.3 Å². The van der Waals surface area contributed by atoms with Gasteiger partial charge in [0.15, 0.2) is 0 Å². The van der Waals surface area contributed by atoms with Gasteiger partial charge in [-0.05, 0) is 36.2 Å². The Kier molecular flexibility index (Phi) is 1.81. The molecule has 1 heterocycles. The van der Waals surface area contributed by atoms with Crippen molar-refractivity contribution >= 4 is 5.69 Å². The molecule has 2 aromatic rings. The second-order valence-corrected chi connectivity index (χ2v) is 3.16. The summed E-state index contributed by atoms with van der Waals surface area (Å²) in [5, 5.41) is 0. The molecule has 0 unspecified atom stereocenters. The van der Waals surface area contributed by atoms with E-state index in [-0.39, 0.29) is 0 Å². The van der Waals surface area contributed by atoms with E-state index in [0.29, 0.717) is 0 Å². The minimum absolute atomic E-state index is 0.840. The molecule has 0 aliphatic heterocycles. The smallest absolute Gasteiger partial charge is 0.0454 e. The van der Waals surface area contributed by atoms with Gasteiger partial charge in [0.05, 0.1) is 0 Å². The van der Waals surface area contributed by atoms with Gasteiger partial charge in [0, 0.05) is 17.6 Å². The number of aromatic amines is 1. The van der Waals surface area contributed by atoms with Crippen LogP contribution in [-0.2, 0) is 0 Å². The van der Waals surface area contributed by atoms with Crippen molar-refractivity contribution in [1.82, 2.24) is 4.98 Å². The molecule has 2 rings (SSSR count). The first-order chi connectivity index (χ1) is 6.27. The molecule has 0 atom stereocenters. The van der Waals surface area contributed by atoms with Gasteiger partial charge in [0.25, 0.3) is 0 Å². The van der Waals surface area contributed by atoms with Crippen molar-refractivity contribution in [2.24, 2.45) is 0 Å². The number of anilines is 1. The molecule has 0 amide bonds. The molecule has 0 aliphatic carbocycles. The van der Waals surface area contributed by atoms with Crippen molar-refractivity contribution in [3.8, 4) is 11.3 Å². The van der Waals surface area contributed by atoms with Crippen molar-refractivity contribution in [2.45, 2.75) is 6.92 Å². The molecular formula is C11H12N2. The monoisotopic (exact) mass is 172 g/mol. The SMILES string of the molecule is Cc1ccc(-c2ccc[nH]2)cc1N. The van der Waals surface area contributed by atoms with Gasteiger partial charge < -0.3 is 10.7 Å². The number of H-pyrrole nitrogens is 1. The Bertz CT molecular complexity index is 402. The summed E-state index contributed by atoms with van der Waals surface area (Å²) in [5.41, 5.74) is 10.0. The number of rotatable bonds is 1. The molecular weight excluding hydrogens is 160 g/mol. The Morgan fingerprint density at radius 2 is 2.08 bits per heavy atom. The van der Waals surface area contributed by atoms with E-state index in [0.717, 1.165) is 22.5 Å². The molecule has 2 nitrogen and oxygen atoms in total. The summed E-state index contributed by atoms with van der Waals surface area (Å²) >= 11 is 0. The van der Waals surface area contributed by atoms with Crippen LogP contribution >= 0.6 is 0 Å². The number of nitrogens with two attached hydrogens (primary N) is 1. The van der Waals surface area contributed by atoms with E-state index in [4.69, 9.17) is 5.73 Å². The standard InChI is InChI=1S/C11H12N2/c1-8-4-5-9(7-10(8)12)11-3-2-6-13-11/h2-7,13H,12H2,1H3. The highest BCUT2D eigenvalue weighted by Gasteiger charge is 1.99. The maximum absolute atomic E-state index is 5.81. The van der Waals surface area contributed by atoms with Gasteiger partial charge >= 0.3 is 0 Å². The average Bonchev–Trinajstić information content (AvgIpc) is 2.62. The second kappa shape index (κ2) is 2.98. The second-order valence-electron chi connectivity index (χ2n) is 3.16. The highest BCUT2D eigenvalue weighted by Crippen LogP contribution is 2.21. The minimum atomic E-state index is 0.840. The number of nitrogens with one attached hydrogen (secondary N) is 1. The van der Waals surface area contributed by atoms with Crippen LogP contribution in [0.3, 0.4) is 0 Å². The van der Waals surface area contributed by atoms with Crippen molar-refractivity contribution in [2.75, 3.05) is 5.73 Å². The lowest BCUT2D eigenvalue weighted by atomic mass is 10.1. The fourth-order valence-electron chi connectivity index (χ4n) is 1.32. The average molecular weight is 172 g/mol. The lowest BCUT2D eigenvalue weighted by Gasteiger charge is -2.02. The van der Waals surface area contributed by atoms with Crippen molar-refractivity contribution in [3.05, 3.63) is 42.1 Å². The molecule has 1 aromatic heterocycles. The van der Waals surface area contributed by atoms with Crippen LogP contribution in [0.15, 0.2) is 36.5 Å². The summed E-state index contributed by atoms with van der Waals surface area (Å²) in [5.74, 6) is 0. The van der Waals surface area contributed by atoms with E-state index in [1.54, 1.807) is 0 Å². The Hall–Kier alpha value is -1.70. The Morgan fingerprint density at radius 3 is 2.69 bits per heavy atom. The number of nitrogen functional groups attached to an aromatic ring is 1. The fraction of sp³-hybridized carbons (Fsp3) is 0.0909. The van der Waals surface area contributed by atoms with E-state index in [1.165, 1.54) is 0 Å². The van der Waals surface area contributed by atoms with Crippen LogP contribution in [0.4, 0.5) is 5.69 Å². The van der Waals surface area contributed by atoms with Crippen LogP contribution in [0.2, 0.25) is 0 Å². The summed E-state index contributed by atoms with van der Waals surface area (Å²) in [7, 11) is 0. The molecule has 0 radical (unpaired) electrons. The Balaban J connectivity index is 2.49. The number of aryl methyl sites for hydroxylation is 1. The lowest BCUT2D eigenvalue weighted by molar-refractivity contribution is 1.39. The molecule has 13 heavy (non-hydrogen) atoms. The van der Waals surface area contributed by atoms with Crippen LogP contribution in [0.1, 0.15) is 5.56 Å². The maximum atomic E-state index is 5.81. The van der Waals surface area contributed by atoms with E-state index in [1.807, 2.05) is 37.4 Å². The van der Waals surface area contributed by atoms with Crippen molar-refractivity contribution in [1.29, 1.82) is 0 Å². The van der Waals surface area contributed by atoms with Gasteiger partial charge in [-0.3, -0.25) is 0 Å². The maximum Gasteiger partial charge on any atom is 0.0454 e. The predicted octanol–water partition coefficient (Wildman–Crippen LogP) is 2.57. The first-order valence-electron chi connectivity index (χ1n) is 4.27. The van der Waals surface area contributed by atoms with Gasteiger partial charge in [-0.15, -0.1) is 0 Å². The first-order valence-corrected chi connectivity index (χ1v) is 4.27. The molecule has 0 spiro atoms. The molecule has 3 N–H and O–H groups in total. The van der Waals surface area contributed by atoms with Gasteiger partial charge in [0.1, 0.15) is 0 Å². The fourth-order valence-corrected chi connectivity index (χ4v) is 1.32. The Morgan fingerprint density at radius 1 is 1.23 bits per heavy atom. The van der Waals surface area contributed by atoms with Crippen molar-refractivity contribution in [3.63, 3.8) is 0 Å². The van der Waals surface area contributed by atoms with E-state index < -0.39 is 0 Å². The van der Waals surface area contributed by atoms with Crippen LogP contribution in [0.5, 0.6) is 0 Å². The zero-order valence-electron chi connectivity index (χ0n) is 7.54. The van der Waals surface area contributed by atoms with E-state index >= 15 is 0 Å². The molecule has 2 heteroatoms. The minimum Gasteiger partial charge on any atom is -0.398 e. The van der Waals surface area contributed by atoms with E-state index in [2.05, 4.69) is 11.1 Å². The quantitative estimate of drug-likeness (QED) is 0.638. The summed E-state index contributed by atoms with van der Waals surface area (Å²) in [4.78, 5) is 3.14. The number of benzene rings is 1. The summed E-state index contributed by atoms with van der Waals surface area (Å²) in [6, 6.07) is 10.1. The zero-order valence-corrected chi connectivity index (χ0v) is 7.54.